The Morgan fingerprint density at radius 2 is 1.72 bits per heavy atom. The van der Waals surface area contributed by atoms with Crippen LogP contribution in [0.15, 0.2) is 47.6 Å². The first-order valence-electron chi connectivity index (χ1n) is 9.05. The molecule has 0 saturated heterocycles. The minimum absolute atomic E-state index is 0.0205. The Labute approximate surface area is 169 Å². The fraction of sp³-hybridized carbons (Fsp3) is 0.286. The van der Waals surface area contributed by atoms with Gasteiger partial charge in [0, 0.05) is 11.3 Å². The molecule has 0 saturated carbocycles. The molecule has 2 aromatic carbocycles. The smallest absolute Gasteiger partial charge is 0.271 e. The molecule has 0 unspecified atom stereocenters. The third-order valence-electron chi connectivity index (χ3n) is 3.87. The molecule has 0 aliphatic heterocycles. The summed E-state index contributed by atoms with van der Waals surface area (Å²) < 4.78 is 15.8. The summed E-state index contributed by atoms with van der Waals surface area (Å²) in [6.45, 7) is 4.02. The van der Waals surface area contributed by atoms with E-state index in [1.54, 1.807) is 37.3 Å². The number of hydrogen-bond acceptors (Lipinski definition) is 6. The maximum Gasteiger partial charge on any atom is 0.271 e. The van der Waals surface area contributed by atoms with E-state index in [-0.39, 0.29) is 12.3 Å². The van der Waals surface area contributed by atoms with Crippen molar-refractivity contribution in [3.63, 3.8) is 0 Å². The van der Waals surface area contributed by atoms with Gasteiger partial charge in [-0.25, -0.2) is 5.43 Å². The second-order valence-corrected chi connectivity index (χ2v) is 6.01. The molecule has 2 amide bonds. The van der Waals surface area contributed by atoms with Gasteiger partial charge in [0.25, 0.3) is 5.91 Å². The normalized spacial score (nSPS) is 10.8. The number of hydrazone groups is 1. The lowest BCUT2D eigenvalue weighted by Crippen LogP contribution is -2.21. The highest BCUT2D eigenvalue weighted by Gasteiger charge is 2.12. The van der Waals surface area contributed by atoms with Crippen molar-refractivity contribution in [3.05, 3.63) is 48.0 Å². The number of benzene rings is 2. The molecule has 0 aliphatic rings. The van der Waals surface area contributed by atoms with Crippen LogP contribution < -0.4 is 25.0 Å². The van der Waals surface area contributed by atoms with Crippen LogP contribution in [0.25, 0.3) is 0 Å². The van der Waals surface area contributed by atoms with Gasteiger partial charge in [-0.05, 0) is 44.2 Å². The van der Waals surface area contributed by atoms with E-state index in [1.807, 2.05) is 19.1 Å². The second kappa shape index (κ2) is 10.7. The molecule has 0 aromatic heterocycles. The molecule has 2 aromatic rings. The van der Waals surface area contributed by atoms with Crippen LogP contribution in [0.3, 0.4) is 0 Å². The first kappa shape index (κ1) is 21.7. The van der Waals surface area contributed by atoms with Gasteiger partial charge in [0.15, 0.2) is 11.5 Å². The molecule has 2 N–H and O–H groups in total. The molecule has 0 aliphatic carbocycles. The summed E-state index contributed by atoms with van der Waals surface area (Å²) in [5, 5.41) is 6.78. The Morgan fingerprint density at radius 1 is 1.00 bits per heavy atom. The summed E-state index contributed by atoms with van der Waals surface area (Å²) in [6, 6.07) is 12.0. The molecule has 0 atom stereocenters. The van der Waals surface area contributed by atoms with Crippen LogP contribution in [0, 0.1) is 0 Å². The molecule has 8 heteroatoms. The maximum atomic E-state index is 12.3. The summed E-state index contributed by atoms with van der Waals surface area (Å²) in [7, 11) is 3.01. The zero-order valence-corrected chi connectivity index (χ0v) is 16.9. The Hall–Kier alpha value is -3.55. The van der Waals surface area contributed by atoms with Gasteiger partial charge in [0.1, 0.15) is 5.75 Å². The number of methoxy groups -OCH3 is 2. The first-order chi connectivity index (χ1) is 14.0. The zero-order valence-electron chi connectivity index (χ0n) is 16.9. The van der Waals surface area contributed by atoms with Crippen molar-refractivity contribution in [1.29, 1.82) is 0 Å². The Bertz CT molecular complexity index is 896. The zero-order chi connectivity index (χ0) is 21.2. The van der Waals surface area contributed by atoms with E-state index >= 15 is 0 Å². The van der Waals surface area contributed by atoms with Crippen LogP contribution in [-0.4, -0.2) is 38.4 Å². The van der Waals surface area contributed by atoms with Gasteiger partial charge >= 0.3 is 0 Å². The number of amides is 2. The van der Waals surface area contributed by atoms with Gasteiger partial charge in [0.05, 0.1) is 32.9 Å². The summed E-state index contributed by atoms with van der Waals surface area (Å²) in [6.07, 6.45) is 0.0205. The summed E-state index contributed by atoms with van der Waals surface area (Å²) >= 11 is 0. The maximum absolute atomic E-state index is 12.3. The van der Waals surface area contributed by atoms with Crippen molar-refractivity contribution in [3.8, 4) is 17.2 Å². The molecule has 0 bridgehead atoms. The monoisotopic (exact) mass is 399 g/mol. The van der Waals surface area contributed by atoms with E-state index in [2.05, 4.69) is 15.8 Å². The van der Waals surface area contributed by atoms with Crippen LogP contribution in [0.1, 0.15) is 30.6 Å². The van der Waals surface area contributed by atoms with Crippen molar-refractivity contribution in [2.24, 2.45) is 5.10 Å². The lowest BCUT2D eigenvalue weighted by molar-refractivity contribution is -0.115. The van der Waals surface area contributed by atoms with Crippen molar-refractivity contribution in [1.82, 2.24) is 5.43 Å². The number of carbonyl (C=O) groups excluding carboxylic acids is 2. The molecule has 29 heavy (non-hydrogen) atoms. The molecule has 0 fully saturated rings. The average Bonchev–Trinajstić information content (AvgIpc) is 2.73. The third-order valence-corrected chi connectivity index (χ3v) is 3.87. The van der Waals surface area contributed by atoms with E-state index in [4.69, 9.17) is 14.2 Å². The molecule has 0 spiro atoms. The molecule has 0 heterocycles. The minimum Gasteiger partial charge on any atom is -0.493 e. The molecular weight excluding hydrogens is 374 g/mol. The van der Waals surface area contributed by atoms with E-state index in [9.17, 15) is 9.59 Å². The molecule has 8 nitrogen and oxygen atoms in total. The van der Waals surface area contributed by atoms with E-state index in [0.29, 0.717) is 40.8 Å². The number of carbonyl (C=O) groups is 2. The first-order valence-corrected chi connectivity index (χ1v) is 9.05. The van der Waals surface area contributed by atoms with Crippen molar-refractivity contribution >= 4 is 23.2 Å². The topological polar surface area (TPSA) is 98.2 Å². The van der Waals surface area contributed by atoms with Crippen LogP contribution in [0.2, 0.25) is 0 Å². The summed E-state index contributed by atoms with van der Waals surface area (Å²) in [5.74, 6) is 0.867. The van der Waals surface area contributed by atoms with Crippen molar-refractivity contribution in [2.75, 3.05) is 26.1 Å². The lowest BCUT2D eigenvalue weighted by atomic mass is 10.2. The van der Waals surface area contributed by atoms with Gasteiger partial charge < -0.3 is 19.5 Å². The van der Waals surface area contributed by atoms with E-state index in [1.165, 1.54) is 14.2 Å². The van der Waals surface area contributed by atoms with Gasteiger partial charge in [-0.1, -0.05) is 12.1 Å². The predicted molar refractivity (Wildman–Crippen MR) is 111 cm³/mol. The van der Waals surface area contributed by atoms with Crippen molar-refractivity contribution in [2.45, 2.75) is 20.3 Å². The fourth-order valence-electron chi connectivity index (χ4n) is 2.51. The molecule has 2 rings (SSSR count). The quantitative estimate of drug-likeness (QED) is 0.498. The van der Waals surface area contributed by atoms with Gasteiger partial charge in [-0.3, -0.25) is 9.59 Å². The average molecular weight is 399 g/mol. The van der Waals surface area contributed by atoms with Crippen LogP contribution in [-0.2, 0) is 4.79 Å². The highest BCUT2D eigenvalue weighted by Crippen LogP contribution is 2.27. The number of para-hydroxylation sites is 2. The van der Waals surface area contributed by atoms with Crippen molar-refractivity contribution < 1.29 is 23.8 Å². The fourth-order valence-corrected chi connectivity index (χ4v) is 2.51. The third kappa shape index (κ3) is 6.24. The largest absolute Gasteiger partial charge is 0.493 e. The van der Waals surface area contributed by atoms with E-state index in [0.717, 1.165) is 0 Å². The Kier molecular flexibility index (Phi) is 8.02. The Balaban J connectivity index is 1.96. The SMILES string of the molecule is CCOc1ccccc1NC(=O)C/C(C)=N/NC(=O)c1ccc(OC)c(OC)c1. The predicted octanol–water partition coefficient (Wildman–Crippen LogP) is 3.24. The summed E-state index contributed by atoms with van der Waals surface area (Å²) in [4.78, 5) is 24.5. The highest BCUT2D eigenvalue weighted by molar-refractivity contribution is 6.06. The highest BCUT2D eigenvalue weighted by atomic mass is 16.5. The van der Waals surface area contributed by atoms with Crippen LogP contribution >= 0.6 is 0 Å². The minimum atomic E-state index is -0.424. The molecule has 0 radical (unpaired) electrons. The van der Waals surface area contributed by atoms with Crippen LogP contribution in [0.4, 0.5) is 5.69 Å². The standard InChI is InChI=1S/C21H25N3O5/c1-5-29-17-9-7-6-8-16(17)22-20(25)12-14(2)23-24-21(26)15-10-11-18(27-3)19(13-15)28-4/h6-11,13H,5,12H2,1-4H3,(H,22,25)(H,24,26)/b23-14+. The van der Waals surface area contributed by atoms with Crippen LogP contribution in [0.5, 0.6) is 17.2 Å². The number of nitrogens with zero attached hydrogens (tertiary/aromatic N) is 1. The van der Waals surface area contributed by atoms with E-state index < -0.39 is 5.91 Å². The second-order valence-electron chi connectivity index (χ2n) is 6.01. The van der Waals surface area contributed by atoms with Gasteiger partial charge in [-0.15, -0.1) is 0 Å². The summed E-state index contributed by atoms with van der Waals surface area (Å²) in [5.41, 5.74) is 3.83. The van der Waals surface area contributed by atoms with Gasteiger partial charge in [-0.2, -0.15) is 5.10 Å². The lowest BCUT2D eigenvalue weighted by Gasteiger charge is -2.11. The molecule has 154 valence electrons. The number of rotatable bonds is 9. The number of hydrogen-bond donors (Lipinski definition) is 2. The number of ether oxygens (including phenoxy) is 3. The number of nitrogens with one attached hydrogen (secondary N) is 2. The molecular formula is C21H25N3O5. The van der Waals surface area contributed by atoms with Gasteiger partial charge in [0.2, 0.25) is 5.91 Å². The Morgan fingerprint density at radius 3 is 2.41 bits per heavy atom. The number of anilines is 1.